The second-order valence-corrected chi connectivity index (χ2v) is 6.61. The number of nitrogens with zero attached hydrogens (tertiary/aromatic N) is 1. The number of fused-ring (bicyclic) bond motifs is 1. The Morgan fingerprint density at radius 3 is 2.67 bits per heavy atom. The van der Waals surface area contributed by atoms with Crippen molar-refractivity contribution in [2.45, 2.75) is 6.92 Å². The van der Waals surface area contributed by atoms with Crippen LogP contribution >= 0.6 is 31.9 Å². The summed E-state index contributed by atoms with van der Waals surface area (Å²) in [5.41, 5.74) is 10.7. The molecule has 0 aliphatic rings. The number of benzene rings is 2. The number of hydrogen-bond acceptors (Lipinski definition) is 3. The average Bonchev–Trinajstić information content (AvgIpc) is 2.46. The Bertz CT molecular complexity index is 826. The van der Waals surface area contributed by atoms with Gasteiger partial charge < -0.3 is 11.1 Å². The second-order valence-electron chi connectivity index (χ2n) is 4.84. The van der Waals surface area contributed by atoms with Gasteiger partial charge in [0.2, 0.25) is 0 Å². The summed E-state index contributed by atoms with van der Waals surface area (Å²) in [6.45, 7) is 2.06. The molecule has 0 aliphatic heterocycles. The minimum absolute atomic E-state index is 0.626. The monoisotopic (exact) mass is 405 g/mol. The van der Waals surface area contributed by atoms with Gasteiger partial charge in [-0.05, 0) is 48.9 Å². The highest BCUT2D eigenvalue weighted by Gasteiger charge is 2.08. The van der Waals surface area contributed by atoms with E-state index in [1.165, 1.54) is 0 Å². The SMILES string of the molecule is Cc1cc(Nc2c(N)cnc3ccc(Br)cc23)ccc1Br. The normalized spacial score (nSPS) is 10.8. The predicted molar refractivity (Wildman–Crippen MR) is 96.0 cm³/mol. The van der Waals surface area contributed by atoms with Crippen LogP contribution in [0.1, 0.15) is 5.56 Å². The molecule has 106 valence electrons. The maximum atomic E-state index is 6.10. The Balaban J connectivity index is 2.12. The van der Waals surface area contributed by atoms with Crippen LogP contribution in [0, 0.1) is 6.92 Å². The fourth-order valence-electron chi connectivity index (χ4n) is 2.19. The number of halogens is 2. The molecule has 1 heterocycles. The van der Waals surface area contributed by atoms with Crippen LogP contribution in [0.2, 0.25) is 0 Å². The highest BCUT2D eigenvalue weighted by Crippen LogP contribution is 2.33. The third kappa shape index (κ3) is 2.89. The Labute approximate surface area is 139 Å². The summed E-state index contributed by atoms with van der Waals surface area (Å²) < 4.78 is 2.08. The van der Waals surface area contributed by atoms with Crippen LogP contribution in [0.15, 0.2) is 51.5 Å². The van der Waals surface area contributed by atoms with Gasteiger partial charge in [-0.15, -0.1) is 0 Å². The maximum absolute atomic E-state index is 6.10. The van der Waals surface area contributed by atoms with E-state index in [-0.39, 0.29) is 0 Å². The third-order valence-corrected chi connectivity index (χ3v) is 4.67. The summed E-state index contributed by atoms with van der Waals surface area (Å²) >= 11 is 7.01. The minimum atomic E-state index is 0.626. The van der Waals surface area contributed by atoms with Crippen LogP contribution in [0.25, 0.3) is 10.9 Å². The van der Waals surface area contributed by atoms with Crippen molar-refractivity contribution in [1.29, 1.82) is 0 Å². The van der Waals surface area contributed by atoms with Crippen LogP contribution in [-0.2, 0) is 0 Å². The number of nitrogens with one attached hydrogen (secondary N) is 1. The smallest absolute Gasteiger partial charge is 0.0746 e. The van der Waals surface area contributed by atoms with Crippen molar-refractivity contribution >= 4 is 59.8 Å². The lowest BCUT2D eigenvalue weighted by atomic mass is 10.1. The van der Waals surface area contributed by atoms with Crippen LogP contribution in [0.5, 0.6) is 0 Å². The Hall–Kier alpha value is -1.59. The number of nitrogens with two attached hydrogens (primary N) is 1. The number of aryl methyl sites for hydroxylation is 1. The standard InChI is InChI=1S/C16H13Br2N3/c1-9-6-11(3-4-13(9)18)21-16-12-7-10(17)2-5-15(12)20-8-14(16)19/h2-8H,19H2,1H3,(H,20,21). The van der Waals surface area contributed by atoms with E-state index < -0.39 is 0 Å². The first-order chi connectivity index (χ1) is 10.0. The zero-order chi connectivity index (χ0) is 15.0. The van der Waals surface area contributed by atoms with Crippen molar-refractivity contribution in [1.82, 2.24) is 4.98 Å². The van der Waals surface area contributed by atoms with Crippen LogP contribution in [0.4, 0.5) is 17.1 Å². The highest BCUT2D eigenvalue weighted by molar-refractivity contribution is 9.10. The molecule has 0 atom stereocenters. The maximum Gasteiger partial charge on any atom is 0.0746 e. The Kier molecular flexibility index (Phi) is 3.87. The van der Waals surface area contributed by atoms with Gasteiger partial charge in [-0.2, -0.15) is 0 Å². The van der Waals surface area contributed by atoms with Gasteiger partial charge in [0, 0.05) is 20.0 Å². The number of aromatic nitrogens is 1. The minimum Gasteiger partial charge on any atom is -0.396 e. The van der Waals surface area contributed by atoms with E-state index in [4.69, 9.17) is 5.73 Å². The predicted octanol–water partition coefficient (Wildman–Crippen LogP) is 5.39. The van der Waals surface area contributed by atoms with Crippen molar-refractivity contribution in [3.05, 3.63) is 57.1 Å². The molecule has 1 aromatic heterocycles. The van der Waals surface area contributed by atoms with Gasteiger partial charge in [0.15, 0.2) is 0 Å². The molecule has 0 saturated carbocycles. The van der Waals surface area contributed by atoms with E-state index in [9.17, 15) is 0 Å². The largest absolute Gasteiger partial charge is 0.396 e. The van der Waals surface area contributed by atoms with Gasteiger partial charge in [0.1, 0.15) is 0 Å². The molecule has 2 aromatic carbocycles. The molecule has 0 aliphatic carbocycles. The van der Waals surface area contributed by atoms with Crippen LogP contribution in [-0.4, -0.2) is 4.98 Å². The number of nitrogen functional groups attached to an aromatic ring is 1. The molecule has 0 amide bonds. The number of anilines is 3. The topological polar surface area (TPSA) is 50.9 Å². The van der Waals surface area contributed by atoms with Gasteiger partial charge in [-0.25, -0.2) is 0 Å². The summed E-state index contributed by atoms with van der Waals surface area (Å²) in [6, 6.07) is 12.1. The van der Waals surface area contributed by atoms with Crippen LogP contribution in [0.3, 0.4) is 0 Å². The lowest BCUT2D eigenvalue weighted by Crippen LogP contribution is -1.99. The van der Waals surface area contributed by atoms with Gasteiger partial charge in [-0.3, -0.25) is 4.98 Å². The zero-order valence-electron chi connectivity index (χ0n) is 11.3. The zero-order valence-corrected chi connectivity index (χ0v) is 14.5. The van der Waals surface area contributed by atoms with Gasteiger partial charge in [-0.1, -0.05) is 31.9 Å². The number of pyridine rings is 1. The molecule has 21 heavy (non-hydrogen) atoms. The summed E-state index contributed by atoms with van der Waals surface area (Å²) in [5, 5.41) is 4.39. The van der Waals surface area contributed by atoms with Gasteiger partial charge in [0.25, 0.3) is 0 Å². The average molecular weight is 407 g/mol. The molecule has 0 radical (unpaired) electrons. The molecule has 3 N–H and O–H groups in total. The van der Waals surface area contributed by atoms with Crippen molar-refractivity contribution in [2.24, 2.45) is 0 Å². The van der Waals surface area contributed by atoms with E-state index in [1.54, 1.807) is 6.20 Å². The van der Waals surface area contributed by atoms with Crippen LogP contribution < -0.4 is 11.1 Å². The first-order valence-corrected chi connectivity index (χ1v) is 8.00. The first kappa shape index (κ1) is 14.4. The number of hydrogen-bond donors (Lipinski definition) is 2. The molecular formula is C16H13Br2N3. The summed E-state index contributed by atoms with van der Waals surface area (Å²) in [6.07, 6.45) is 1.68. The molecule has 0 unspecified atom stereocenters. The van der Waals surface area contributed by atoms with Crippen molar-refractivity contribution in [3.8, 4) is 0 Å². The lowest BCUT2D eigenvalue weighted by Gasteiger charge is -2.13. The fourth-order valence-corrected chi connectivity index (χ4v) is 2.79. The molecule has 0 fully saturated rings. The fraction of sp³-hybridized carbons (Fsp3) is 0.0625. The van der Waals surface area contributed by atoms with E-state index >= 15 is 0 Å². The summed E-state index contributed by atoms with van der Waals surface area (Å²) in [7, 11) is 0. The Morgan fingerprint density at radius 2 is 1.90 bits per heavy atom. The van der Waals surface area contributed by atoms with E-state index in [2.05, 4.69) is 55.2 Å². The van der Waals surface area contributed by atoms with E-state index in [1.807, 2.05) is 30.3 Å². The molecule has 3 nitrogen and oxygen atoms in total. The summed E-state index contributed by atoms with van der Waals surface area (Å²) in [5.74, 6) is 0. The van der Waals surface area contributed by atoms with Crippen molar-refractivity contribution in [2.75, 3.05) is 11.1 Å². The van der Waals surface area contributed by atoms with Gasteiger partial charge in [0.05, 0.1) is 23.1 Å². The van der Waals surface area contributed by atoms with E-state index in [0.717, 1.165) is 36.8 Å². The molecule has 5 heteroatoms. The summed E-state index contributed by atoms with van der Waals surface area (Å²) in [4.78, 5) is 4.36. The second kappa shape index (κ2) is 5.66. The first-order valence-electron chi connectivity index (χ1n) is 6.41. The lowest BCUT2D eigenvalue weighted by molar-refractivity contribution is 1.39. The van der Waals surface area contributed by atoms with E-state index in [0.29, 0.717) is 5.69 Å². The molecule has 0 spiro atoms. The molecule has 0 saturated heterocycles. The van der Waals surface area contributed by atoms with Crippen molar-refractivity contribution in [3.63, 3.8) is 0 Å². The van der Waals surface area contributed by atoms with Gasteiger partial charge >= 0.3 is 0 Å². The van der Waals surface area contributed by atoms with Crippen molar-refractivity contribution < 1.29 is 0 Å². The molecule has 3 aromatic rings. The third-order valence-electron chi connectivity index (χ3n) is 3.29. The Morgan fingerprint density at radius 1 is 1.10 bits per heavy atom. The quantitative estimate of drug-likeness (QED) is 0.599. The molecule has 3 rings (SSSR count). The highest BCUT2D eigenvalue weighted by atomic mass is 79.9. The molecular weight excluding hydrogens is 394 g/mol. The number of rotatable bonds is 2. The molecule has 0 bridgehead atoms.